The first kappa shape index (κ1) is 18.7. The maximum Gasteiger partial charge on any atom is 1.00 e. The summed E-state index contributed by atoms with van der Waals surface area (Å²) in [4.78, 5) is 7.75. The first-order valence-corrected chi connectivity index (χ1v) is 0.683. The molecule has 0 aliphatic rings. The molecule has 2 nitrogen and oxygen atoms in total. The van der Waals surface area contributed by atoms with Crippen molar-refractivity contribution < 1.29 is 29.4 Å². The fourth-order valence-electron chi connectivity index (χ4n) is 0. The van der Waals surface area contributed by atoms with E-state index in [4.69, 9.17) is 9.90 Å². The van der Waals surface area contributed by atoms with Crippen LogP contribution in [0.1, 0.15) is 0 Å². The van der Waals surface area contributed by atoms with E-state index >= 15 is 0 Å². The predicted octanol–water partition coefficient (Wildman–Crippen LogP) is -0.668. The second kappa shape index (κ2) is 701. The van der Waals surface area contributed by atoms with Crippen molar-refractivity contribution in [2.24, 2.45) is 0 Å². The van der Waals surface area contributed by atoms with Crippen LogP contribution < -0.4 is 0 Å². The Kier molecular flexibility index (Phi) is 2630. The Hall–Kier alpha value is 0.253. The van der Waals surface area contributed by atoms with E-state index in [1.54, 1.807) is 0 Å². The molecule has 0 aromatic rings. The van der Waals surface area contributed by atoms with Gasteiger partial charge in [0.15, 0.2) is 0 Å². The zero-order valence-corrected chi connectivity index (χ0v) is 4.52. The molecule has 0 saturated carbocycles. The standard InChI is InChI=1S/CH4O.CHO.Ru/c2*1-2;/h2H,1H3;1H;/q;-1;+1. The minimum absolute atomic E-state index is 0. The minimum Gasteiger partial charge on any atom is -0.545 e. The van der Waals surface area contributed by atoms with Crippen molar-refractivity contribution in [3.8, 4) is 0 Å². The Morgan fingerprint density at radius 1 is 1.40 bits per heavy atom. The summed E-state index contributed by atoms with van der Waals surface area (Å²) in [5, 5.41) is 7.00. The molecule has 0 atom stereocenters. The number of rotatable bonds is 0. The van der Waals surface area contributed by atoms with Gasteiger partial charge in [0, 0.05) is 7.11 Å². The Labute approximate surface area is 43.9 Å². The Balaban J connectivity index is -0.0000000133. The van der Waals surface area contributed by atoms with Crippen LogP contribution in [0.3, 0.4) is 0 Å². The van der Waals surface area contributed by atoms with Gasteiger partial charge in [0.2, 0.25) is 0 Å². The third-order valence-corrected chi connectivity index (χ3v) is 0. The van der Waals surface area contributed by atoms with Crippen LogP contribution in [0, 0.1) is 0 Å². The van der Waals surface area contributed by atoms with Crippen LogP contribution in [-0.4, -0.2) is 19.0 Å². The molecule has 0 unspecified atom stereocenters. The molecule has 0 heterocycles. The molecule has 0 bridgehead atoms. The fraction of sp³-hybridized carbons (Fsp3) is 0.500. The van der Waals surface area contributed by atoms with Gasteiger partial charge in [-0.2, -0.15) is 0 Å². The molecule has 0 fully saturated rings. The minimum atomic E-state index is 0. The molecule has 0 aromatic heterocycles. The van der Waals surface area contributed by atoms with E-state index in [1.807, 2.05) is 0 Å². The third-order valence-electron chi connectivity index (χ3n) is 0. The number of aliphatic hydroxyl groups excluding tert-OH is 1. The van der Waals surface area contributed by atoms with Crippen LogP contribution in [0.4, 0.5) is 0 Å². The summed E-state index contributed by atoms with van der Waals surface area (Å²) in [5.41, 5.74) is 0. The summed E-state index contributed by atoms with van der Waals surface area (Å²) in [6.45, 7) is 3.25. The van der Waals surface area contributed by atoms with Gasteiger partial charge < -0.3 is 9.90 Å². The quantitative estimate of drug-likeness (QED) is 0.291. The average Bonchev–Trinajstić information content (AvgIpc) is 1.50. The average molecular weight is 162 g/mol. The van der Waals surface area contributed by atoms with Gasteiger partial charge in [-0.1, -0.05) is 0 Å². The zero-order valence-electron chi connectivity index (χ0n) is 2.79. The Bertz CT molecular complexity index is 7.61. The van der Waals surface area contributed by atoms with Crippen molar-refractivity contribution in [1.29, 1.82) is 0 Å². The molecule has 0 aliphatic heterocycles. The van der Waals surface area contributed by atoms with E-state index in [2.05, 4.69) is 6.79 Å². The second-order valence-electron chi connectivity index (χ2n) is 0. The molecular formula is C2H5O2Ru. The normalized spacial score (nSPS) is 2.00. The molecule has 0 saturated heterocycles. The zero-order chi connectivity index (χ0) is 4.00. The number of hydrogen-bond acceptors (Lipinski definition) is 2. The fourth-order valence-corrected chi connectivity index (χ4v) is 0. The monoisotopic (exact) mass is 163 g/mol. The van der Waals surface area contributed by atoms with Crippen molar-refractivity contribution in [2.45, 2.75) is 0 Å². The summed E-state index contributed by atoms with van der Waals surface area (Å²) >= 11 is 0. The number of aliphatic hydroxyl groups is 1. The summed E-state index contributed by atoms with van der Waals surface area (Å²) in [6.07, 6.45) is 0. The van der Waals surface area contributed by atoms with Crippen LogP contribution in [0.5, 0.6) is 0 Å². The smallest absolute Gasteiger partial charge is 0.545 e. The van der Waals surface area contributed by atoms with E-state index in [0.29, 0.717) is 0 Å². The summed E-state index contributed by atoms with van der Waals surface area (Å²) in [6, 6.07) is 0. The van der Waals surface area contributed by atoms with Gasteiger partial charge in [0.25, 0.3) is 0 Å². The van der Waals surface area contributed by atoms with Crippen LogP contribution in [0.25, 0.3) is 0 Å². The molecule has 0 aliphatic carbocycles. The van der Waals surface area contributed by atoms with Crippen molar-refractivity contribution in [3.63, 3.8) is 0 Å². The van der Waals surface area contributed by atoms with Crippen LogP contribution in [-0.2, 0) is 24.3 Å². The Morgan fingerprint density at radius 2 is 1.40 bits per heavy atom. The van der Waals surface area contributed by atoms with Crippen molar-refractivity contribution in [1.82, 2.24) is 0 Å². The number of hydrogen-bond donors (Lipinski definition) is 1. The molecular weight excluding hydrogens is 157 g/mol. The van der Waals surface area contributed by atoms with Gasteiger partial charge >= 0.3 is 19.5 Å². The van der Waals surface area contributed by atoms with E-state index < -0.39 is 0 Å². The van der Waals surface area contributed by atoms with E-state index in [9.17, 15) is 0 Å². The molecule has 3 heteroatoms. The molecule has 33 valence electrons. The molecule has 1 N–H and O–H groups in total. The van der Waals surface area contributed by atoms with Gasteiger partial charge in [0.1, 0.15) is 0 Å². The van der Waals surface area contributed by atoms with E-state index in [1.165, 1.54) is 0 Å². The van der Waals surface area contributed by atoms with Crippen LogP contribution >= 0.6 is 0 Å². The molecule has 0 spiro atoms. The summed E-state index contributed by atoms with van der Waals surface area (Å²) in [7, 11) is 1.00. The SMILES string of the molecule is CO.[CH-]=O.[Ru+]. The van der Waals surface area contributed by atoms with Crippen molar-refractivity contribution >= 4 is 6.79 Å². The molecule has 0 amide bonds. The topological polar surface area (TPSA) is 37.3 Å². The number of carbonyl (C=O) groups excluding carboxylic acids is 1. The van der Waals surface area contributed by atoms with Crippen molar-refractivity contribution in [2.75, 3.05) is 7.11 Å². The molecule has 5 heavy (non-hydrogen) atoms. The molecule has 1 radical (unpaired) electrons. The van der Waals surface area contributed by atoms with Crippen LogP contribution in [0.2, 0.25) is 0 Å². The van der Waals surface area contributed by atoms with Gasteiger partial charge in [-0.15, -0.1) is 0 Å². The van der Waals surface area contributed by atoms with Gasteiger partial charge in [0.05, 0.1) is 0 Å². The maximum absolute atomic E-state index is 7.75. The predicted molar refractivity (Wildman–Crippen MR) is 14.9 cm³/mol. The second-order valence-corrected chi connectivity index (χ2v) is 0. The third kappa shape index (κ3) is 336. The molecule has 0 aromatic carbocycles. The summed E-state index contributed by atoms with van der Waals surface area (Å²) in [5.74, 6) is 0. The Morgan fingerprint density at radius 3 is 1.40 bits per heavy atom. The van der Waals surface area contributed by atoms with Crippen LogP contribution in [0.15, 0.2) is 0 Å². The van der Waals surface area contributed by atoms with Gasteiger partial charge in [-0.3, -0.25) is 6.79 Å². The molecule has 0 rings (SSSR count). The largest absolute Gasteiger partial charge is 1.00 e. The maximum atomic E-state index is 7.75. The first-order valence-electron chi connectivity index (χ1n) is 0.683. The van der Waals surface area contributed by atoms with Gasteiger partial charge in [-0.05, 0) is 0 Å². The first-order chi connectivity index (χ1) is 2.00. The van der Waals surface area contributed by atoms with Crippen molar-refractivity contribution in [3.05, 3.63) is 0 Å². The van der Waals surface area contributed by atoms with E-state index in [0.717, 1.165) is 7.11 Å². The van der Waals surface area contributed by atoms with Gasteiger partial charge in [-0.25, -0.2) is 0 Å². The summed E-state index contributed by atoms with van der Waals surface area (Å²) < 4.78 is 0. The van der Waals surface area contributed by atoms with E-state index in [-0.39, 0.29) is 19.5 Å².